The summed E-state index contributed by atoms with van der Waals surface area (Å²) in [5.74, 6) is 0.104. The number of methoxy groups -OCH3 is 1. The van der Waals surface area contributed by atoms with Gasteiger partial charge in [0.05, 0.1) is 23.9 Å². The van der Waals surface area contributed by atoms with Crippen LogP contribution >= 0.6 is 0 Å². The lowest BCUT2D eigenvalue weighted by Crippen LogP contribution is -2.11. The monoisotopic (exact) mass is 463 g/mol. The molecule has 5 rings (SSSR count). The summed E-state index contributed by atoms with van der Waals surface area (Å²) in [5, 5.41) is 0.779. The SMILES string of the molecule is COc1ccc(C(C)=O)cc1COC(=O)c1c2c(nc3ccccc13)C(=Cc1ccccc1)CC2. The van der Waals surface area contributed by atoms with Crippen molar-refractivity contribution < 1.29 is 19.1 Å². The van der Waals surface area contributed by atoms with E-state index in [2.05, 4.69) is 18.2 Å². The Labute approximate surface area is 204 Å². The Morgan fingerprint density at radius 2 is 1.74 bits per heavy atom. The van der Waals surface area contributed by atoms with Crippen molar-refractivity contribution in [1.82, 2.24) is 4.98 Å². The molecule has 1 aliphatic carbocycles. The summed E-state index contributed by atoms with van der Waals surface area (Å²) < 4.78 is 11.2. The highest BCUT2D eigenvalue weighted by Gasteiger charge is 2.27. The first-order valence-electron chi connectivity index (χ1n) is 11.6. The second-order valence-electron chi connectivity index (χ2n) is 8.57. The molecule has 3 aromatic carbocycles. The van der Waals surface area contributed by atoms with Gasteiger partial charge in [-0.2, -0.15) is 0 Å². The van der Waals surface area contributed by atoms with Gasteiger partial charge in [-0.25, -0.2) is 9.78 Å². The van der Waals surface area contributed by atoms with Crippen LogP contribution in [0.5, 0.6) is 5.75 Å². The van der Waals surface area contributed by atoms with Crippen molar-refractivity contribution in [2.75, 3.05) is 7.11 Å². The maximum absolute atomic E-state index is 13.5. The van der Waals surface area contributed by atoms with Crippen LogP contribution in [0, 0.1) is 0 Å². The molecule has 174 valence electrons. The topological polar surface area (TPSA) is 65.5 Å². The van der Waals surface area contributed by atoms with Crippen LogP contribution in [-0.4, -0.2) is 23.8 Å². The van der Waals surface area contributed by atoms with Crippen LogP contribution in [0.2, 0.25) is 0 Å². The van der Waals surface area contributed by atoms with Crippen LogP contribution < -0.4 is 4.74 Å². The number of carbonyl (C=O) groups is 2. The summed E-state index contributed by atoms with van der Waals surface area (Å²) in [6.45, 7) is 1.51. The van der Waals surface area contributed by atoms with Gasteiger partial charge in [0, 0.05) is 16.5 Å². The predicted octanol–water partition coefficient (Wildman–Crippen LogP) is 6.29. The van der Waals surface area contributed by atoms with E-state index in [-0.39, 0.29) is 12.4 Å². The predicted molar refractivity (Wildman–Crippen MR) is 136 cm³/mol. The van der Waals surface area contributed by atoms with E-state index in [1.807, 2.05) is 42.5 Å². The van der Waals surface area contributed by atoms with Gasteiger partial charge in [-0.1, -0.05) is 48.5 Å². The van der Waals surface area contributed by atoms with Gasteiger partial charge >= 0.3 is 5.97 Å². The van der Waals surface area contributed by atoms with E-state index in [0.29, 0.717) is 22.4 Å². The summed E-state index contributed by atoms with van der Waals surface area (Å²) >= 11 is 0. The van der Waals surface area contributed by atoms with Crippen LogP contribution in [0.4, 0.5) is 0 Å². The quantitative estimate of drug-likeness (QED) is 0.248. The molecule has 5 nitrogen and oxygen atoms in total. The number of rotatable bonds is 6. The number of esters is 1. The standard InChI is InChI=1S/C30H25NO4/c1-19(32)21-13-15-27(34-2)23(17-21)18-35-30(33)28-24-10-6-7-11-26(24)31-29-22(12-14-25(28)29)16-20-8-4-3-5-9-20/h3-11,13,15-17H,12,14,18H2,1-2H3. The molecule has 0 fully saturated rings. The average Bonchev–Trinajstić information content (AvgIpc) is 3.27. The zero-order valence-electron chi connectivity index (χ0n) is 19.7. The Morgan fingerprint density at radius 3 is 2.51 bits per heavy atom. The molecule has 1 aromatic heterocycles. The lowest BCUT2D eigenvalue weighted by Gasteiger charge is -2.14. The van der Waals surface area contributed by atoms with E-state index in [1.165, 1.54) is 6.92 Å². The fourth-order valence-electron chi connectivity index (χ4n) is 4.59. The van der Waals surface area contributed by atoms with Crippen LogP contribution in [-0.2, 0) is 17.8 Å². The normalized spacial score (nSPS) is 13.6. The van der Waals surface area contributed by atoms with E-state index in [0.717, 1.165) is 46.1 Å². The Kier molecular flexibility index (Phi) is 6.15. The fourth-order valence-corrected chi connectivity index (χ4v) is 4.59. The van der Waals surface area contributed by atoms with Gasteiger partial charge in [0.2, 0.25) is 0 Å². The van der Waals surface area contributed by atoms with Crippen LogP contribution in [0.15, 0.2) is 72.8 Å². The van der Waals surface area contributed by atoms with Crippen molar-refractivity contribution in [1.29, 1.82) is 0 Å². The number of Topliss-reactive ketones (excluding diaryl/α,β-unsaturated/α-hetero) is 1. The fraction of sp³-hybridized carbons (Fsp3) is 0.167. The van der Waals surface area contributed by atoms with Gasteiger partial charge in [-0.05, 0) is 66.8 Å². The summed E-state index contributed by atoms with van der Waals surface area (Å²) in [6, 6.07) is 22.9. The second-order valence-corrected chi connectivity index (χ2v) is 8.57. The maximum atomic E-state index is 13.5. The van der Waals surface area contributed by atoms with Crippen molar-refractivity contribution in [3.8, 4) is 5.75 Å². The highest BCUT2D eigenvalue weighted by molar-refractivity contribution is 6.07. The van der Waals surface area contributed by atoms with Crippen molar-refractivity contribution in [3.05, 3.63) is 106 Å². The van der Waals surface area contributed by atoms with Crippen molar-refractivity contribution in [3.63, 3.8) is 0 Å². The van der Waals surface area contributed by atoms with Crippen molar-refractivity contribution in [2.24, 2.45) is 0 Å². The molecule has 5 heteroatoms. The smallest absolute Gasteiger partial charge is 0.339 e. The minimum absolute atomic E-state index is 0.00125. The molecular formula is C30H25NO4. The molecule has 0 amide bonds. The van der Waals surface area contributed by atoms with Gasteiger partial charge in [-0.3, -0.25) is 4.79 Å². The maximum Gasteiger partial charge on any atom is 0.339 e. The summed E-state index contributed by atoms with van der Waals surface area (Å²) in [4.78, 5) is 30.2. The average molecular weight is 464 g/mol. The Balaban J connectivity index is 1.53. The third kappa shape index (κ3) is 4.45. The molecule has 0 spiro atoms. The van der Waals surface area contributed by atoms with Gasteiger partial charge in [-0.15, -0.1) is 0 Å². The summed E-state index contributed by atoms with van der Waals surface area (Å²) in [7, 11) is 1.55. The van der Waals surface area contributed by atoms with E-state index in [9.17, 15) is 9.59 Å². The van der Waals surface area contributed by atoms with Gasteiger partial charge in [0.25, 0.3) is 0 Å². The number of benzene rings is 3. The molecule has 0 atom stereocenters. The Hall–Kier alpha value is -4.25. The zero-order chi connectivity index (χ0) is 24.4. The summed E-state index contributed by atoms with van der Waals surface area (Å²) in [5.41, 5.74) is 6.50. The number of fused-ring (bicyclic) bond motifs is 2. The van der Waals surface area contributed by atoms with Gasteiger partial charge in [0.15, 0.2) is 5.78 Å². The number of ether oxygens (including phenoxy) is 2. The molecule has 4 aromatic rings. The molecule has 0 N–H and O–H groups in total. The molecule has 35 heavy (non-hydrogen) atoms. The molecule has 0 saturated carbocycles. The minimum Gasteiger partial charge on any atom is -0.496 e. The van der Waals surface area contributed by atoms with E-state index < -0.39 is 5.97 Å². The molecule has 0 bridgehead atoms. The minimum atomic E-state index is -0.406. The molecule has 0 radical (unpaired) electrons. The van der Waals surface area contributed by atoms with Gasteiger partial charge in [0.1, 0.15) is 12.4 Å². The van der Waals surface area contributed by atoms with Gasteiger partial charge < -0.3 is 9.47 Å². The van der Waals surface area contributed by atoms with E-state index in [4.69, 9.17) is 14.5 Å². The largest absolute Gasteiger partial charge is 0.496 e. The lowest BCUT2D eigenvalue weighted by atomic mass is 10.0. The molecular weight excluding hydrogens is 438 g/mol. The summed E-state index contributed by atoms with van der Waals surface area (Å²) in [6.07, 6.45) is 3.67. The Morgan fingerprint density at radius 1 is 0.971 bits per heavy atom. The number of carbonyl (C=O) groups excluding carboxylic acids is 2. The number of hydrogen-bond acceptors (Lipinski definition) is 5. The molecule has 0 unspecified atom stereocenters. The number of aromatic nitrogens is 1. The number of ketones is 1. The first kappa shape index (κ1) is 22.5. The molecule has 1 aliphatic rings. The highest BCUT2D eigenvalue weighted by Crippen LogP contribution is 2.38. The number of para-hydroxylation sites is 1. The first-order chi connectivity index (χ1) is 17.0. The van der Waals surface area contributed by atoms with Crippen LogP contribution in [0.25, 0.3) is 22.6 Å². The lowest BCUT2D eigenvalue weighted by molar-refractivity contribution is 0.0471. The third-order valence-electron chi connectivity index (χ3n) is 6.33. The number of pyridine rings is 1. The van der Waals surface area contributed by atoms with E-state index >= 15 is 0 Å². The number of nitrogens with zero attached hydrogens (tertiary/aromatic N) is 1. The van der Waals surface area contributed by atoms with E-state index in [1.54, 1.807) is 25.3 Å². The Bertz CT molecular complexity index is 1470. The molecule has 1 heterocycles. The third-order valence-corrected chi connectivity index (χ3v) is 6.33. The van der Waals surface area contributed by atoms with Crippen LogP contribution in [0.3, 0.4) is 0 Å². The first-order valence-corrected chi connectivity index (χ1v) is 11.6. The molecule has 0 aliphatic heterocycles. The second kappa shape index (κ2) is 9.55. The highest BCUT2D eigenvalue weighted by atomic mass is 16.5. The number of hydrogen-bond donors (Lipinski definition) is 0. The zero-order valence-corrected chi connectivity index (χ0v) is 19.7. The van der Waals surface area contributed by atoms with Crippen LogP contribution in [0.1, 0.15) is 56.4 Å². The molecule has 0 saturated heterocycles. The van der Waals surface area contributed by atoms with Crippen molar-refractivity contribution >= 4 is 34.3 Å². The number of allylic oxidation sites excluding steroid dienone is 1. The van der Waals surface area contributed by atoms with Crippen molar-refractivity contribution in [2.45, 2.75) is 26.4 Å².